The zero-order chi connectivity index (χ0) is 12.6. The molecule has 0 spiro atoms. The van der Waals surface area contributed by atoms with Crippen LogP contribution in [0.15, 0.2) is 18.2 Å². The van der Waals surface area contributed by atoms with Gasteiger partial charge in [0.2, 0.25) is 0 Å². The Bertz CT molecular complexity index is 543. The summed E-state index contributed by atoms with van der Waals surface area (Å²) >= 11 is 0. The summed E-state index contributed by atoms with van der Waals surface area (Å²) in [6.45, 7) is 6.91. The van der Waals surface area contributed by atoms with Gasteiger partial charge in [-0.1, -0.05) is 0 Å². The number of nitrogens with two attached hydrogens (primary N) is 1. The molecule has 0 bridgehead atoms. The lowest BCUT2D eigenvalue weighted by molar-refractivity contribution is 0.00859. The van der Waals surface area contributed by atoms with Crippen molar-refractivity contribution >= 4 is 16.7 Å². The van der Waals surface area contributed by atoms with E-state index in [0.29, 0.717) is 0 Å². The van der Waals surface area contributed by atoms with Crippen molar-refractivity contribution in [3.05, 3.63) is 24.0 Å². The van der Waals surface area contributed by atoms with E-state index in [1.54, 1.807) is 7.11 Å². The summed E-state index contributed by atoms with van der Waals surface area (Å²) in [6, 6.07) is 5.81. The molecule has 17 heavy (non-hydrogen) atoms. The van der Waals surface area contributed by atoms with E-state index in [2.05, 4.69) is 23.4 Å². The van der Waals surface area contributed by atoms with E-state index in [4.69, 9.17) is 10.5 Å². The number of aryl methyl sites for hydroxylation is 1. The molecule has 0 radical (unpaired) electrons. The maximum atomic E-state index is 5.76. The van der Waals surface area contributed by atoms with Crippen molar-refractivity contribution in [2.75, 3.05) is 12.8 Å². The summed E-state index contributed by atoms with van der Waals surface area (Å²) in [6.07, 6.45) is 0. The predicted molar refractivity (Wildman–Crippen MR) is 70.0 cm³/mol. The van der Waals surface area contributed by atoms with Gasteiger partial charge in [-0.3, -0.25) is 0 Å². The molecule has 4 heteroatoms. The first-order valence-electron chi connectivity index (χ1n) is 5.70. The lowest BCUT2D eigenvalue weighted by Gasteiger charge is -2.24. The minimum absolute atomic E-state index is 0.209. The molecule has 92 valence electrons. The molecule has 4 nitrogen and oxygen atoms in total. The average molecular weight is 233 g/mol. The van der Waals surface area contributed by atoms with E-state index in [1.807, 2.05) is 25.1 Å². The van der Waals surface area contributed by atoms with Gasteiger partial charge in [-0.2, -0.15) is 0 Å². The molecule has 0 aliphatic heterocycles. The Kier molecular flexibility index (Phi) is 2.83. The third-order valence-electron chi connectivity index (χ3n) is 3.05. The molecule has 1 aromatic heterocycles. The van der Waals surface area contributed by atoms with Gasteiger partial charge in [-0.15, -0.1) is 0 Å². The zero-order valence-corrected chi connectivity index (χ0v) is 10.8. The second-order valence-electron chi connectivity index (χ2n) is 4.96. The molecule has 0 atom stereocenters. The summed E-state index contributed by atoms with van der Waals surface area (Å²) in [5.41, 5.74) is 8.34. The van der Waals surface area contributed by atoms with E-state index in [0.717, 1.165) is 29.1 Å². The van der Waals surface area contributed by atoms with E-state index in [1.165, 1.54) is 0 Å². The molecule has 0 aliphatic carbocycles. The molecule has 0 amide bonds. The van der Waals surface area contributed by atoms with Crippen LogP contribution in [0.1, 0.15) is 19.7 Å². The molecule has 2 rings (SSSR count). The van der Waals surface area contributed by atoms with Crippen LogP contribution in [0.5, 0.6) is 0 Å². The molecule has 2 N–H and O–H groups in total. The average Bonchev–Trinajstić information content (AvgIpc) is 2.54. The summed E-state index contributed by atoms with van der Waals surface area (Å²) in [5.74, 6) is 0.982. The van der Waals surface area contributed by atoms with Gasteiger partial charge in [0.25, 0.3) is 0 Å². The number of nitrogen functional groups attached to an aromatic ring is 1. The smallest absolute Gasteiger partial charge is 0.106 e. The minimum Gasteiger partial charge on any atom is -0.399 e. The Balaban J connectivity index is 2.50. The Hall–Kier alpha value is -1.55. The van der Waals surface area contributed by atoms with E-state index in [-0.39, 0.29) is 5.60 Å². The van der Waals surface area contributed by atoms with Crippen molar-refractivity contribution in [1.29, 1.82) is 0 Å². The normalized spacial score (nSPS) is 12.2. The fourth-order valence-corrected chi connectivity index (χ4v) is 1.91. The third kappa shape index (κ3) is 2.26. The van der Waals surface area contributed by atoms with E-state index >= 15 is 0 Å². The molecule has 2 aromatic rings. The van der Waals surface area contributed by atoms with Gasteiger partial charge in [0.05, 0.1) is 23.2 Å². The molecule has 0 aliphatic rings. The number of rotatable bonds is 3. The Labute approximate surface area is 101 Å². The standard InChI is InChI=1S/C13H19N3O/c1-9-15-11-7-10(14)5-6-12(11)16(9)8-13(2,3)17-4/h5-7H,8,14H2,1-4H3. The quantitative estimate of drug-likeness (QED) is 0.828. The van der Waals surface area contributed by atoms with Crippen molar-refractivity contribution in [3.8, 4) is 0 Å². The highest BCUT2D eigenvalue weighted by Gasteiger charge is 2.20. The van der Waals surface area contributed by atoms with Crippen molar-refractivity contribution in [2.45, 2.75) is 32.9 Å². The van der Waals surface area contributed by atoms with Gasteiger partial charge in [0, 0.05) is 12.8 Å². The van der Waals surface area contributed by atoms with Gasteiger partial charge in [-0.05, 0) is 39.0 Å². The number of fused-ring (bicyclic) bond motifs is 1. The summed E-state index contributed by atoms with van der Waals surface area (Å²) in [5, 5.41) is 0. The predicted octanol–water partition coefficient (Wildman–Crippen LogP) is 2.35. The Morgan fingerprint density at radius 3 is 2.76 bits per heavy atom. The number of imidazole rings is 1. The third-order valence-corrected chi connectivity index (χ3v) is 3.05. The van der Waals surface area contributed by atoms with Crippen molar-refractivity contribution in [3.63, 3.8) is 0 Å². The summed E-state index contributed by atoms with van der Waals surface area (Å²) in [4.78, 5) is 4.52. The number of hydrogen-bond donors (Lipinski definition) is 1. The number of nitrogens with zero attached hydrogens (tertiary/aromatic N) is 2. The van der Waals surface area contributed by atoms with Crippen LogP contribution in [0.4, 0.5) is 5.69 Å². The molecule has 0 fully saturated rings. The number of anilines is 1. The highest BCUT2D eigenvalue weighted by atomic mass is 16.5. The van der Waals surface area contributed by atoms with Gasteiger partial charge in [0.15, 0.2) is 0 Å². The van der Waals surface area contributed by atoms with Crippen LogP contribution in [-0.2, 0) is 11.3 Å². The van der Waals surface area contributed by atoms with Crippen LogP contribution >= 0.6 is 0 Å². The molecule has 0 unspecified atom stereocenters. The largest absolute Gasteiger partial charge is 0.399 e. The van der Waals surface area contributed by atoms with Crippen molar-refractivity contribution < 1.29 is 4.74 Å². The number of methoxy groups -OCH3 is 1. The second-order valence-corrected chi connectivity index (χ2v) is 4.96. The fourth-order valence-electron chi connectivity index (χ4n) is 1.91. The lowest BCUT2D eigenvalue weighted by atomic mass is 10.1. The molecule has 1 heterocycles. The minimum atomic E-state index is -0.209. The maximum absolute atomic E-state index is 5.76. The van der Waals surface area contributed by atoms with Gasteiger partial charge < -0.3 is 15.0 Å². The first-order chi connectivity index (χ1) is 7.93. The Morgan fingerprint density at radius 1 is 1.41 bits per heavy atom. The lowest BCUT2D eigenvalue weighted by Crippen LogP contribution is -2.29. The van der Waals surface area contributed by atoms with Crippen molar-refractivity contribution in [1.82, 2.24) is 9.55 Å². The zero-order valence-electron chi connectivity index (χ0n) is 10.8. The highest BCUT2D eigenvalue weighted by Crippen LogP contribution is 2.22. The molecular formula is C13H19N3O. The topological polar surface area (TPSA) is 53.1 Å². The second kappa shape index (κ2) is 4.04. The monoisotopic (exact) mass is 233 g/mol. The van der Waals surface area contributed by atoms with Crippen LogP contribution in [0.2, 0.25) is 0 Å². The molecule has 0 saturated carbocycles. The van der Waals surface area contributed by atoms with Crippen molar-refractivity contribution in [2.24, 2.45) is 0 Å². The van der Waals surface area contributed by atoms with Crippen LogP contribution in [0.25, 0.3) is 11.0 Å². The highest BCUT2D eigenvalue weighted by molar-refractivity contribution is 5.79. The van der Waals surface area contributed by atoms with Crippen LogP contribution in [0, 0.1) is 6.92 Å². The van der Waals surface area contributed by atoms with E-state index in [9.17, 15) is 0 Å². The summed E-state index contributed by atoms with van der Waals surface area (Å²) < 4.78 is 7.63. The fraction of sp³-hybridized carbons (Fsp3) is 0.462. The van der Waals surface area contributed by atoms with Crippen LogP contribution in [0.3, 0.4) is 0 Å². The SMILES string of the molecule is COC(C)(C)Cn1c(C)nc2cc(N)ccc21. The molecule has 0 saturated heterocycles. The number of ether oxygens (including phenoxy) is 1. The maximum Gasteiger partial charge on any atom is 0.106 e. The van der Waals surface area contributed by atoms with E-state index < -0.39 is 0 Å². The summed E-state index contributed by atoms with van der Waals surface area (Å²) in [7, 11) is 1.73. The Morgan fingerprint density at radius 2 is 2.12 bits per heavy atom. The number of aromatic nitrogens is 2. The van der Waals surface area contributed by atoms with Gasteiger partial charge >= 0.3 is 0 Å². The van der Waals surface area contributed by atoms with Crippen LogP contribution < -0.4 is 5.73 Å². The number of benzene rings is 1. The number of hydrogen-bond acceptors (Lipinski definition) is 3. The van der Waals surface area contributed by atoms with Gasteiger partial charge in [-0.25, -0.2) is 4.98 Å². The molecular weight excluding hydrogens is 214 g/mol. The molecule has 1 aromatic carbocycles. The first-order valence-corrected chi connectivity index (χ1v) is 5.70. The van der Waals surface area contributed by atoms with Gasteiger partial charge in [0.1, 0.15) is 5.82 Å². The van der Waals surface area contributed by atoms with Crippen LogP contribution in [-0.4, -0.2) is 22.3 Å². The first kappa shape index (κ1) is 11.9.